The van der Waals surface area contributed by atoms with Crippen LogP contribution in [0.4, 0.5) is 4.79 Å². The Hall–Kier alpha value is -3.09. The van der Waals surface area contributed by atoms with E-state index in [0.29, 0.717) is 18.0 Å². The smallest absolute Gasteiger partial charge is 0.408 e. The monoisotopic (exact) mass is 299 g/mol. The number of nitrogens with zero attached hydrogens (tertiary/aromatic N) is 2. The fourth-order valence-electron chi connectivity index (χ4n) is 1.89. The Labute approximate surface area is 125 Å². The summed E-state index contributed by atoms with van der Waals surface area (Å²) >= 11 is 0. The number of rotatable bonds is 5. The quantitative estimate of drug-likeness (QED) is 0.779. The van der Waals surface area contributed by atoms with Crippen molar-refractivity contribution in [3.8, 4) is 0 Å². The van der Waals surface area contributed by atoms with E-state index < -0.39 is 12.2 Å². The van der Waals surface area contributed by atoms with Crippen molar-refractivity contribution < 1.29 is 18.5 Å². The average Bonchev–Trinajstić information content (AvgIpc) is 3.25. The van der Waals surface area contributed by atoms with Crippen LogP contribution in [-0.2, 0) is 11.3 Å². The van der Waals surface area contributed by atoms with Gasteiger partial charge in [-0.1, -0.05) is 5.16 Å². The summed E-state index contributed by atoms with van der Waals surface area (Å²) < 4.78 is 15.5. The molecule has 7 nitrogen and oxygen atoms in total. The molecule has 1 N–H and O–H groups in total. The van der Waals surface area contributed by atoms with E-state index in [1.807, 2.05) is 12.1 Å². The van der Waals surface area contributed by atoms with Crippen molar-refractivity contribution in [2.75, 3.05) is 0 Å². The van der Waals surface area contributed by atoms with Gasteiger partial charge in [0.25, 0.3) is 0 Å². The van der Waals surface area contributed by atoms with Gasteiger partial charge < -0.3 is 19.0 Å². The summed E-state index contributed by atoms with van der Waals surface area (Å²) in [4.78, 5) is 15.9. The minimum atomic E-state index is -0.758. The van der Waals surface area contributed by atoms with Crippen LogP contribution in [0.3, 0.4) is 0 Å². The predicted octanol–water partition coefficient (Wildman–Crippen LogP) is 2.68. The number of carbonyl (C=O) groups excluding carboxylic acids is 1. The molecule has 0 bridgehead atoms. The van der Waals surface area contributed by atoms with Crippen LogP contribution in [0.5, 0.6) is 0 Å². The first-order valence-corrected chi connectivity index (χ1v) is 6.60. The zero-order valence-corrected chi connectivity index (χ0v) is 11.5. The highest BCUT2D eigenvalue weighted by Gasteiger charge is 2.24. The molecular formula is C15H13N3O4. The van der Waals surface area contributed by atoms with Crippen LogP contribution in [0.2, 0.25) is 0 Å². The molecule has 0 radical (unpaired) electrons. The number of amides is 1. The molecule has 3 rings (SSSR count). The molecule has 7 heteroatoms. The van der Waals surface area contributed by atoms with Gasteiger partial charge in [0.15, 0.2) is 5.76 Å². The van der Waals surface area contributed by atoms with E-state index in [1.54, 1.807) is 30.6 Å². The summed E-state index contributed by atoms with van der Waals surface area (Å²) in [7, 11) is 0. The third-order valence-corrected chi connectivity index (χ3v) is 2.94. The number of ether oxygens (including phenoxy) is 1. The van der Waals surface area contributed by atoms with Crippen molar-refractivity contribution in [1.82, 2.24) is 15.5 Å². The normalized spacial score (nSPS) is 11.8. The van der Waals surface area contributed by atoms with Crippen LogP contribution >= 0.6 is 0 Å². The minimum Gasteiger partial charge on any atom is -0.465 e. The Kier molecular flexibility index (Phi) is 4.15. The van der Waals surface area contributed by atoms with Gasteiger partial charge in [0.05, 0.1) is 6.26 Å². The molecule has 0 aliphatic heterocycles. The standard InChI is InChI=1S/C15H13N3O4/c19-15(17-10-11-3-6-16-7-4-11)22-14(12-5-9-21-18-12)13-2-1-8-20-13/h1-9,14H,10H2,(H,17,19). The van der Waals surface area contributed by atoms with Gasteiger partial charge in [-0.25, -0.2) is 4.79 Å². The first-order chi connectivity index (χ1) is 10.8. The molecule has 0 aromatic carbocycles. The van der Waals surface area contributed by atoms with Gasteiger partial charge in [-0.2, -0.15) is 0 Å². The number of aromatic nitrogens is 2. The highest BCUT2D eigenvalue weighted by molar-refractivity contribution is 5.67. The van der Waals surface area contributed by atoms with Crippen molar-refractivity contribution in [2.24, 2.45) is 0 Å². The molecule has 0 aliphatic rings. The van der Waals surface area contributed by atoms with Crippen LogP contribution in [0, 0.1) is 0 Å². The molecule has 1 amide bonds. The summed E-state index contributed by atoms with van der Waals surface area (Å²) in [6, 6.07) is 8.64. The Morgan fingerprint density at radius 3 is 2.77 bits per heavy atom. The van der Waals surface area contributed by atoms with Crippen LogP contribution in [0.25, 0.3) is 0 Å². The maximum atomic E-state index is 12.0. The van der Waals surface area contributed by atoms with Gasteiger partial charge in [-0.3, -0.25) is 4.98 Å². The minimum absolute atomic E-state index is 0.338. The highest BCUT2D eigenvalue weighted by Crippen LogP contribution is 2.25. The summed E-state index contributed by atoms with van der Waals surface area (Å²) in [5, 5.41) is 6.46. The first-order valence-electron chi connectivity index (χ1n) is 6.60. The molecule has 22 heavy (non-hydrogen) atoms. The van der Waals surface area contributed by atoms with E-state index in [4.69, 9.17) is 13.7 Å². The lowest BCUT2D eigenvalue weighted by Crippen LogP contribution is -2.26. The Balaban J connectivity index is 1.65. The van der Waals surface area contributed by atoms with Crippen LogP contribution in [-0.4, -0.2) is 16.2 Å². The lowest BCUT2D eigenvalue weighted by Gasteiger charge is -2.14. The van der Waals surface area contributed by atoms with E-state index in [2.05, 4.69) is 15.5 Å². The summed E-state index contributed by atoms with van der Waals surface area (Å²) in [5.41, 5.74) is 1.37. The number of hydrogen-bond acceptors (Lipinski definition) is 6. The van der Waals surface area contributed by atoms with Crippen molar-refractivity contribution in [1.29, 1.82) is 0 Å². The maximum Gasteiger partial charge on any atom is 0.408 e. The number of pyridine rings is 1. The van der Waals surface area contributed by atoms with Crippen molar-refractivity contribution >= 4 is 6.09 Å². The van der Waals surface area contributed by atoms with Gasteiger partial charge in [0.1, 0.15) is 12.0 Å². The maximum absolute atomic E-state index is 12.0. The van der Waals surface area contributed by atoms with Gasteiger partial charge in [0.2, 0.25) is 6.10 Å². The second-order valence-corrected chi connectivity index (χ2v) is 4.43. The molecule has 0 fully saturated rings. The number of furan rings is 1. The van der Waals surface area contributed by atoms with Gasteiger partial charge in [0, 0.05) is 25.0 Å². The highest BCUT2D eigenvalue weighted by atomic mass is 16.6. The number of nitrogens with one attached hydrogen (secondary N) is 1. The van der Waals surface area contributed by atoms with Crippen LogP contribution in [0.1, 0.15) is 23.1 Å². The molecular weight excluding hydrogens is 286 g/mol. The van der Waals surface area contributed by atoms with Crippen molar-refractivity contribution in [2.45, 2.75) is 12.6 Å². The number of alkyl carbamates (subject to hydrolysis) is 1. The van der Waals surface area contributed by atoms with Crippen molar-refractivity contribution in [3.05, 3.63) is 72.3 Å². The molecule has 0 spiro atoms. The first kappa shape index (κ1) is 13.9. The van der Waals surface area contributed by atoms with E-state index in [-0.39, 0.29) is 0 Å². The SMILES string of the molecule is O=C(NCc1ccncc1)OC(c1ccon1)c1ccco1. The van der Waals surface area contributed by atoms with Gasteiger partial charge >= 0.3 is 6.09 Å². The topological polar surface area (TPSA) is 90.4 Å². The van der Waals surface area contributed by atoms with E-state index in [9.17, 15) is 4.79 Å². The fourth-order valence-corrected chi connectivity index (χ4v) is 1.89. The Bertz CT molecular complexity index is 661. The zero-order valence-electron chi connectivity index (χ0n) is 11.5. The summed E-state index contributed by atoms with van der Waals surface area (Å²) in [6.07, 6.45) is 4.88. The summed E-state index contributed by atoms with van der Waals surface area (Å²) in [6.45, 7) is 0.338. The lowest BCUT2D eigenvalue weighted by atomic mass is 10.2. The van der Waals surface area contributed by atoms with Crippen LogP contribution in [0.15, 0.2) is 64.2 Å². The molecule has 3 aromatic rings. The second kappa shape index (κ2) is 6.57. The molecule has 0 saturated carbocycles. The molecule has 1 unspecified atom stereocenters. The molecule has 112 valence electrons. The van der Waals surface area contributed by atoms with Crippen molar-refractivity contribution in [3.63, 3.8) is 0 Å². The number of carbonyl (C=O) groups is 1. The van der Waals surface area contributed by atoms with E-state index >= 15 is 0 Å². The molecule has 1 atom stereocenters. The Morgan fingerprint density at radius 2 is 2.09 bits per heavy atom. The molecule has 0 aliphatic carbocycles. The zero-order chi connectivity index (χ0) is 15.2. The second-order valence-electron chi connectivity index (χ2n) is 4.43. The molecule has 0 saturated heterocycles. The third kappa shape index (κ3) is 3.32. The molecule has 3 heterocycles. The van der Waals surface area contributed by atoms with E-state index in [0.717, 1.165) is 5.56 Å². The fraction of sp³-hybridized carbons (Fsp3) is 0.133. The largest absolute Gasteiger partial charge is 0.465 e. The number of hydrogen-bond donors (Lipinski definition) is 1. The third-order valence-electron chi connectivity index (χ3n) is 2.94. The predicted molar refractivity (Wildman–Crippen MR) is 74.6 cm³/mol. The average molecular weight is 299 g/mol. The Morgan fingerprint density at radius 1 is 1.23 bits per heavy atom. The summed E-state index contributed by atoms with van der Waals surface area (Å²) in [5.74, 6) is 0.466. The lowest BCUT2D eigenvalue weighted by molar-refractivity contribution is 0.101. The van der Waals surface area contributed by atoms with Gasteiger partial charge in [-0.05, 0) is 29.8 Å². The van der Waals surface area contributed by atoms with Gasteiger partial charge in [-0.15, -0.1) is 0 Å². The molecule has 3 aromatic heterocycles. The van der Waals surface area contributed by atoms with Crippen LogP contribution < -0.4 is 5.32 Å². The van der Waals surface area contributed by atoms with E-state index in [1.165, 1.54) is 12.5 Å².